The number of sulfone groups is 1. The molecule has 2 aromatic carbocycles. The van der Waals surface area contributed by atoms with Gasteiger partial charge in [-0.3, -0.25) is 0 Å². The maximum absolute atomic E-state index is 12.4. The summed E-state index contributed by atoms with van der Waals surface area (Å²) in [4.78, 5) is 2.61. The van der Waals surface area contributed by atoms with Crippen molar-refractivity contribution < 1.29 is 13.5 Å². The number of rotatable bonds is 5. The summed E-state index contributed by atoms with van der Waals surface area (Å²) in [6, 6.07) is 15.2. The Morgan fingerprint density at radius 3 is 2.62 bits per heavy atom. The Bertz CT molecular complexity index is 1090. The highest BCUT2D eigenvalue weighted by Crippen LogP contribution is 2.40. The van der Waals surface area contributed by atoms with E-state index in [1.807, 2.05) is 41.9 Å². The van der Waals surface area contributed by atoms with E-state index >= 15 is 0 Å². The van der Waals surface area contributed by atoms with Crippen molar-refractivity contribution in [1.82, 2.24) is 9.78 Å². The summed E-state index contributed by atoms with van der Waals surface area (Å²) in [7, 11) is -1.69. The molecule has 6 nitrogen and oxygen atoms in total. The fraction of sp³-hybridized carbons (Fsp3) is 0.318. The smallest absolute Gasteiger partial charge is 0.163 e. The first-order chi connectivity index (χ1) is 13.9. The molecule has 0 saturated carbocycles. The zero-order valence-corrected chi connectivity index (χ0v) is 17.7. The molecule has 29 heavy (non-hydrogen) atoms. The third kappa shape index (κ3) is 3.68. The molecule has 0 spiro atoms. The van der Waals surface area contributed by atoms with E-state index in [0.29, 0.717) is 17.0 Å². The number of methoxy groups -OCH3 is 1. The highest BCUT2D eigenvalue weighted by molar-refractivity contribution is 7.97. The lowest BCUT2D eigenvalue weighted by atomic mass is 10.0. The van der Waals surface area contributed by atoms with E-state index in [1.165, 1.54) is 6.26 Å². The molecule has 152 valence electrons. The molecule has 0 N–H and O–H groups in total. The Hall–Kier alpha value is -2.64. The van der Waals surface area contributed by atoms with Crippen molar-refractivity contribution in [3.05, 3.63) is 59.8 Å². The van der Waals surface area contributed by atoms with Crippen LogP contribution in [0.15, 0.2) is 53.4 Å². The van der Waals surface area contributed by atoms with E-state index < -0.39 is 10.2 Å². The number of aromatic nitrogens is 2. The van der Waals surface area contributed by atoms with Gasteiger partial charge < -0.3 is 14.2 Å². The van der Waals surface area contributed by atoms with Crippen LogP contribution in [0.1, 0.15) is 17.7 Å². The second-order valence-corrected chi connectivity index (χ2v) is 9.35. The Balaban J connectivity index is 1.85. The summed E-state index contributed by atoms with van der Waals surface area (Å²) >= 11 is 0. The van der Waals surface area contributed by atoms with Crippen molar-refractivity contribution >= 4 is 16.0 Å². The average molecular weight is 412 g/mol. The molecule has 0 bridgehead atoms. The second-order valence-electron chi connectivity index (χ2n) is 7.36. The first kappa shape index (κ1) is 19.7. The van der Waals surface area contributed by atoms with Crippen LogP contribution in [0.4, 0.5) is 5.82 Å². The van der Waals surface area contributed by atoms with Gasteiger partial charge in [-0.25, -0.2) is 4.68 Å². The second kappa shape index (κ2) is 7.65. The summed E-state index contributed by atoms with van der Waals surface area (Å²) in [5.41, 5.74) is 3.52. The van der Waals surface area contributed by atoms with Crippen LogP contribution in [0, 0.1) is 6.92 Å². The van der Waals surface area contributed by atoms with Crippen molar-refractivity contribution in [3.63, 3.8) is 0 Å². The van der Waals surface area contributed by atoms with E-state index in [1.54, 1.807) is 19.2 Å². The molecule has 1 aromatic heterocycles. The van der Waals surface area contributed by atoms with E-state index in [9.17, 15) is 8.76 Å². The van der Waals surface area contributed by atoms with Crippen LogP contribution in [-0.4, -0.2) is 34.2 Å². The predicted octanol–water partition coefficient (Wildman–Crippen LogP) is 3.90. The van der Waals surface area contributed by atoms with Crippen LogP contribution in [0.2, 0.25) is 0 Å². The Kier molecular flexibility index (Phi) is 5.19. The van der Waals surface area contributed by atoms with Gasteiger partial charge in [-0.2, -0.15) is 5.10 Å². The lowest BCUT2D eigenvalue weighted by molar-refractivity contribution is 0.408. The van der Waals surface area contributed by atoms with Gasteiger partial charge in [0, 0.05) is 30.8 Å². The molecule has 7 heteroatoms. The molecule has 1 aliphatic rings. The lowest BCUT2D eigenvalue weighted by Gasteiger charge is -2.31. The molecule has 0 radical (unpaired) electrons. The van der Waals surface area contributed by atoms with Crippen molar-refractivity contribution in [1.29, 1.82) is 0 Å². The molecule has 4 rings (SSSR count). The van der Waals surface area contributed by atoms with Gasteiger partial charge in [-0.15, -0.1) is 4.21 Å². The maximum Gasteiger partial charge on any atom is 0.163 e. The predicted molar refractivity (Wildman–Crippen MR) is 114 cm³/mol. The van der Waals surface area contributed by atoms with Gasteiger partial charge in [0.2, 0.25) is 0 Å². The topological polar surface area (TPSA) is 70.4 Å². The SMILES string of the molecule is COc1ccccc1CN1CCCn2nc(C)c(-c3ccccc3[S+](C)(=O)[O-])c21. The first-order valence-electron chi connectivity index (χ1n) is 9.64. The van der Waals surface area contributed by atoms with Crippen molar-refractivity contribution in [2.75, 3.05) is 24.8 Å². The van der Waals surface area contributed by atoms with Crippen molar-refractivity contribution in [2.24, 2.45) is 0 Å². The van der Waals surface area contributed by atoms with Gasteiger partial charge in [0.25, 0.3) is 0 Å². The minimum Gasteiger partial charge on any atom is -0.610 e. The van der Waals surface area contributed by atoms with E-state index in [2.05, 4.69) is 11.0 Å². The highest BCUT2D eigenvalue weighted by atomic mass is 32.3. The summed E-state index contributed by atoms with van der Waals surface area (Å²) in [6.45, 7) is 4.31. The molecule has 0 amide bonds. The van der Waals surface area contributed by atoms with Crippen LogP contribution >= 0.6 is 0 Å². The highest BCUT2D eigenvalue weighted by Gasteiger charge is 2.30. The zero-order valence-electron chi connectivity index (χ0n) is 16.9. The monoisotopic (exact) mass is 411 g/mol. The van der Waals surface area contributed by atoms with E-state index in [4.69, 9.17) is 9.84 Å². The van der Waals surface area contributed by atoms with Gasteiger partial charge in [-0.1, -0.05) is 30.3 Å². The minimum absolute atomic E-state index is 0.335. The van der Waals surface area contributed by atoms with E-state index in [-0.39, 0.29) is 0 Å². The quantitative estimate of drug-likeness (QED) is 0.596. The fourth-order valence-electron chi connectivity index (χ4n) is 4.07. The number of fused-ring (bicyclic) bond motifs is 1. The summed E-state index contributed by atoms with van der Waals surface area (Å²) in [6.07, 6.45) is 2.24. The zero-order chi connectivity index (χ0) is 20.6. The van der Waals surface area contributed by atoms with Crippen LogP contribution in [0.25, 0.3) is 11.1 Å². The number of anilines is 1. The number of para-hydroxylation sites is 1. The van der Waals surface area contributed by atoms with Crippen LogP contribution in [0.3, 0.4) is 0 Å². The Morgan fingerprint density at radius 1 is 1.14 bits per heavy atom. The van der Waals surface area contributed by atoms with Gasteiger partial charge >= 0.3 is 0 Å². The summed E-state index contributed by atoms with van der Waals surface area (Å²) in [5, 5.41) is 4.73. The maximum atomic E-state index is 12.4. The van der Waals surface area contributed by atoms with Gasteiger partial charge in [0.05, 0.1) is 28.6 Å². The molecule has 0 saturated heterocycles. The molecule has 3 aromatic rings. The molecular weight excluding hydrogens is 386 g/mol. The van der Waals surface area contributed by atoms with Gasteiger partial charge in [0.1, 0.15) is 17.8 Å². The number of ether oxygens (including phenoxy) is 1. The molecule has 0 aliphatic carbocycles. The lowest BCUT2D eigenvalue weighted by Crippen LogP contribution is -2.32. The number of benzene rings is 2. The number of hydrogen-bond acceptors (Lipinski definition) is 5. The molecule has 1 unspecified atom stereocenters. The third-order valence-corrected chi connectivity index (χ3v) is 6.46. The third-order valence-electron chi connectivity index (χ3n) is 5.31. The number of aryl methyl sites for hydroxylation is 2. The van der Waals surface area contributed by atoms with E-state index in [0.717, 1.165) is 47.9 Å². The molecule has 1 aliphatic heterocycles. The normalized spacial score (nSPS) is 15.7. The summed E-state index contributed by atoms with van der Waals surface area (Å²) < 4.78 is 32.4. The number of nitrogens with zero attached hydrogens (tertiary/aromatic N) is 3. The molecular formula is C22H25N3O3S. The molecule has 2 heterocycles. The first-order valence-corrected chi connectivity index (χ1v) is 11.5. The van der Waals surface area contributed by atoms with Gasteiger partial charge in [0.15, 0.2) is 4.90 Å². The van der Waals surface area contributed by atoms with Crippen LogP contribution < -0.4 is 9.64 Å². The molecule has 0 fully saturated rings. The molecule has 1 atom stereocenters. The van der Waals surface area contributed by atoms with Crippen LogP contribution in [-0.2, 0) is 27.5 Å². The minimum atomic E-state index is -3.37. The summed E-state index contributed by atoms with van der Waals surface area (Å²) in [5.74, 6) is 1.81. The van der Waals surface area contributed by atoms with Crippen LogP contribution in [0.5, 0.6) is 5.75 Å². The average Bonchev–Trinajstić information content (AvgIpc) is 3.04. The fourth-order valence-corrected chi connectivity index (χ4v) is 4.96. The largest absolute Gasteiger partial charge is 0.610 e. The standard InChI is InChI=1S/C22H25N3O3S/c1-16-21(18-10-5-7-12-20(18)29(3,26)27)22-24(13-8-14-25(22)23-16)15-17-9-4-6-11-19(17)28-2/h4-7,9-12H,8,13-15H2,1-3H3. The number of hydrogen-bond donors (Lipinski definition) is 0. The Labute approximate surface area is 172 Å². The Morgan fingerprint density at radius 2 is 1.86 bits per heavy atom. The van der Waals surface area contributed by atoms with Crippen molar-refractivity contribution in [3.8, 4) is 16.9 Å². The van der Waals surface area contributed by atoms with Gasteiger partial charge in [-0.05, 0) is 31.5 Å². The van der Waals surface area contributed by atoms with Crippen molar-refractivity contribution in [2.45, 2.75) is 31.3 Å².